The number of carbonyl (C=O) groups is 1. The van der Waals surface area contributed by atoms with Crippen molar-refractivity contribution in [1.29, 1.82) is 0 Å². The molecule has 0 bridgehead atoms. The van der Waals surface area contributed by atoms with Crippen LogP contribution in [-0.2, 0) is 6.42 Å². The molecular formula is C18H13F3N2O2S. The number of amides is 1. The Hall–Kier alpha value is -2.87. The van der Waals surface area contributed by atoms with E-state index < -0.39 is 12.5 Å². The highest BCUT2D eigenvalue weighted by atomic mass is 32.1. The molecule has 0 atom stereocenters. The molecule has 26 heavy (non-hydrogen) atoms. The fraction of sp³-hybridized carbons (Fsp3) is 0.111. The summed E-state index contributed by atoms with van der Waals surface area (Å²) in [7, 11) is 0. The van der Waals surface area contributed by atoms with Gasteiger partial charge in [-0.15, -0.1) is 11.3 Å². The Balaban J connectivity index is 1.66. The van der Waals surface area contributed by atoms with Crippen LogP contribution in [0.4, 0.5) is 18.3 Å². The molecule has 0 fully saturated rings. The molecule has 0 radical (unpaired) electrons. The summed E-state index contributed by atoms with van der Waals surface area (Å²) in [6.07, 6.45) is 2.09. The largest absolute Gasteiger partial charge is 0.435 e. The highest BCUT2D eigenvalue weighted by Crippen LogP contribution is 2.23. The van der Waals surface area contributed by atoms with Crippen molar-refractivity contribution in [3.63, 3.8) is 0 Å². The summed E-state index contributed by atoms with van der Waals surface area (Å²) in [5, 5.41) is 2.97. The molecule has 0 unspecified atom stereocenters. The molecule has 0 aliphatic carbocycles. The second kappa shape index (κ2) is 8.01. The Labute approximate surface area is 151 Å². The smallest absolute Gasteiger partial charge is 0.387 e. The number of nitrogens with one attached hydrogen (secondary N) is 1. The third kappa shape index (κ3) is 4.82. The lowest BCUT2D eigenvalue weighted by molar-refractivity contribution is -0.0498. The Morgan fingerprint density at radius 1 is 1.19 bits per heavy atom. The Morgan fingerprint density at radius 3 is 2.77 bits per heavy atom. The maximum Gasteiger partial charge on any atom is 0.387 e. The number of halogens is 3. The molecular weight excluding hydrogens is 365 g/mol. The topological polar surface area (TPSA) is 51.2 Å². The van der Waals surface area contributed by atoms with Gasteiger partial charge in [-0.3, -0.25) is 10.1 Å². The van der Waals surface area contributed by atoms with Gasteiger partial charge in [-0.05, 0) is 35.9 Å². The number of rotatable bonds is 6. The molecule has 2 aromatic carbocycles. The zero-order valence-corrected chi connectivity index (χ0v) is 14.1. The average Bonchev–Trinajstić information content (AvgIpc) is 3.01. The molecule has 1 aromatic heterocycles. The minimum atomic E-state index is -2.96. The van der Waals surface area contributed by atoms with Crippen molar-refractivity contribution in [2.24, 2.45) is 0 Å². The number of alkyl halides is 2. The van der Waals surface area contributed by atoms with Crippen molar-refractivity contribution in [3.8, 4) is 5.75 Å². The molecule has 3 aromatic rings. The second-order valence-corrected chi connectivity index (χ2v) is 6.41. The Morgan fingerprint density at radius 2 is 2.00 bits per heavy atom. The number of hydrogen-bond donors (Lipinski definition) is 1. The molecule has 1 amide bonds. The van der Waals surface area contributed by atoms with Crippen LogP contribution in [0.2, 0.25) is 0 Å². The third-order valence-electron chi connectivity index (χ3n) is 3.36. The molecule has 0 saturated heterocycles. The first kappa shape index (κ1) is 17.9. The second-order valence-electron chi connectivity index (χ2n) is 5.30. The van der Waals surface area contributed by atoms with E-state index in [1.165, 1.54) is 47.7 Å². The molecule has 3 rings (SSSR count). The highest BCUT2D eigenvalue weighted by Gasteiger charge is 2.12. The Bertz CT molecular complexity index is 915. The average molecular weight is 378 g/mol. The number of benzene rings is 2. The number of anilines is 1. The summed E-state index contributed by atoms with van der Waals surface area (Å²) in [6.45, 7) is -2.96. The predicted octanol–water partition coefficient (Wildman–Crippen LogP) is 4.73. The van der Waals surface area contributed by atoms with E-state index in [1.54, 1.807) is 18.3 Å². The molecule has 134 valence electrons. The van der Waals surface area contributed by atoms with Gasteiger partial charge in [-0.1, -0.05) is 18.2 Å². The first-order valence-corrected chi connectivity index (χ1v) is 8.36. The molecule has 0 saturated carbocycles. The van der Waals surface area contributed by atoms with E-state index in [-0.39, 0.29) is 17.1 Å². The van der Waals surface area contributed by atoms with Gasteiger partial charge >= 0.3 is 6.61 Å². The van der Waals surface area contributed by atoms with Crippen LogP contribution in [-0.4, -0.2) is 17.5 Å². The molecule has 8 heteroatoms. The standard InChI is InChI=1S/C18H13F3N2O2S/c19-13-5-1-3-11(7-13)8-15-10-22-18(26-15)23-16(24)12-4-2-6-14(9-12)25-17(20)21/h1-7,9-10,17H,8H2,(H,22,23,24). The lowest BCUT2D eigenvalue weighted by atomic mass is 10.1. The van der Waals surface area contributed by atoms with E-state index in [0.717, 1.165) is 10.4 Å². The molecule has 1 N–H and O–H groups in total. The minimum absolute atomic E-state index is 0.0985. The van der Waals surface area contributed by atoms with E-state index in [4.69, 9.17) is 0 Å². The first-order chi connectivity index (χ1) is 12.5. The summed E-state index contributed by atoms with van der Waals surface area (Å²) in [5.74, 6) is -0.901. The summed E-state index contributed by atoms with van der Waals surface area (Å²) in [6, 6.07) is 11.7. The van der Waals surface area contributed by atoms with Gasteiger partial charge < -0.3 is 4.74 Å². The monoisotopic (exact) mass is 378 g/mol. The fourth-order valence-electron chi connectivity index (χ4n) is 2.28. The van der Waals surface area contributed by atoms with Crippen LogP contribution < -0.4 is 10.1 Å². The maximum absolute atomic E-state index is 13.2. The van der Waals surface area contributed by atoms with E-state index in [0.29, 0.717) is 11.6 Å². The normalized spacial score (nSPS) is 10.8. The first-order valence-electron chi connectivity index (χ1n) is 7.55. The number of carbonyl (C=O) groups excluding carboxylic acids is 1. The van der Waals surface area contributed by atoms with Crippen LogP contribution >= 0.6 is 11.3 Å². The lowest BCUT2D eigenvalue weighted by Gasteiger charge is -2.06. The fourth-order valence-corrected chi connectivity index (χ4v) is 3.12. The molecule has 4 nitrogen and oxygen atoms in total. The maximum atomic E-state index is 13.2. The quantitative estimate of drug-likeness (QED) is 0.675. The zero-order chi connectivity index (χ0) is 18.5. The van der Waals surface area contributed by atoms with E-state index in [1.807, 2.05) is 0 Å². The summed E-state index contributed by atoms with van der Waals surface area (Å²) < 4.78 is 42.0. The number of thiazole rings is 1. The van der Waals surface area contributed by atoms with Gasteiger partial charge in [0.1, 0.15) is 11.6 Å². The van der Waals surface area contributed by atoms with Gasteiger partial charge in [0, 0.05) is 23.1 Å². The molecule has 0 aliphatic heterocycles. The number of nitrogens with zero attached hydrogens (tertiary/aromatic N) is 1. The van der Waals surface area contributed by atoms with Crippen LogP contribution in [0.1, 0.15) is 20.8 Å². The molecule has 0 spiro atoms. The predicted molar refractivity (Wildman–Crippen MR) is 92.3 cm³/mol. The minimum Gasteiger partial charge on any atom is -0.435 e. The van der Waals surface area contributed by atoms with Gasteiger partial charge in [0.05, 0.1) is 0 Å². The number of aromatic nitrogens is 1. The summed E-state index contributed by atoms with van der Waals surface area (Å²) in [4.78, 5) is 17.2. The van der Waals surface area contributed by atoms with Gasteiger partial charge in [0.25, 0.3) is 5.91 Å². The van der Waals surface area contributed by atoms with Crippen LogP contribution in [0.5, 0.6) is 5.75 Å². The number of ether oxygens (including phenoxy) is 1. The Kier molecular flexibility index (Phi) is 5.52. The van der Waals surface area contributed by atoms with Crippen molar-refractivity contribution in [1.82, 2.24) is 4.98 Å². The van der Waals surface area contributed by atoms with Crippen LogP contribution in [0.3, 0.4) is 0 Å². The lowest BCUT2D eigenvalue weighted by Crippen LogP contribution is -2.12. The van der Waals surface area contributed by atoms with Crippen molar-refractivity contribution in [2.45, 2.75) is 13.0 Å². The third-order valence-corrected chi connectivity index (χ3v) is 4.28. The van der Waals surface area contributed by atoms with E-state index in [2.05, 4.69) is 15.0 Å². The van der Waals surface area contributed by atoms with E-state index in [9.17, 15) is 18.0 Å². The van der Waals surface area contributed by atoms with Crippen molar-refractivity contribution < 1.29 is 22.7 Å². The molecule has 1 heterocycles. The summed E-state index contributed by atoms with van der Waals surface area (Å²) in [5.41, 5.74) is 0.966. The van der Waals surface area contributed by atoms with Gasteiger partial charge in [-0.2, -0.15) is 8.78 Å². The number of hydrogen-bond acceptors (Lipinski definition) is 4. The van der Waals surface area contributed by atoms with Crippen molar-refractivity contribution in [3.05, 3.63) is 76.5 Å². The van der Waals surface area contributed by atoms with Crippen LogP contribution in [0.15, 0.2) is 54.7 Å². The summed E-state index contributed by atoms with van der Waals surface area (Å²) >= 11 is 1.25. The SMILES string of the molecule is O=C(Nc1ncc(Cc2cccc(F)c2)s1)c1cccc(OC(F)F)c1. The molecule has 0 aliphatic rings. The van der Waals surface area contributed by atoms with Crippen molar-refractivity contribution >= 4 is 22.4 Å². The van der Waals surface area contributed by atoms with Gasteiger partial charge in [-0.25, -0.2) is 9.37 Å². The van der Waals surface area contributed by atoms with Crippen LogP contribution in [0.25, 0.3) is 0 Å². The van der Waals surface area contributed by atoms with Crippen LogP contribution in [0, 0.1) is 5.82 Å². The van der Waals surface area contributed by atoms with Gasteiger partial charge in [0.2, 0.25) is 0 Å². The highest BCUT2D eigenvalue weighted by molar-refractivity contribution is 7.15. The van der Waals surface area contributed by atoms with E-state index >= 15 is 0 Å². The zero-order valence-electron chi connectivity index (χ0n) is 13.3. The van der Waals surface area contributed by atoms with Crippen molar-refractivity contribution in [2.75, 3.05) is 5.32 Å². The van der Waals surface area contributed by atoms with Gasteiger partial charge in [0.15, 0.2) is 5.13 Å².